The van der Waals surface area contributed by atoms with Crippen molar-refractivity contribution in [2.24, 2.45) is 0 Å². The highest BCUT2D eigenvalue weighted by Crippen LogP contribution is 2.38. The molecule has 0 spiro atoms. The van der Waals surface area contributed by atoms with Crippen LogP contribution in [0.25, 0.3) is 43.1 Å². The topological polar surface area (TPSA) is 0 Å². The summed E-state index contributed by atoms with van der Waals surface area (Å²) in [5.74, 6) is 0. The van der Waals surface area contributed by atoms with Crippen molar-refractivity contribution < 1.29 is 0 Å². The Balaban J connectivity index is 0.00000135. The largest absolute Gasteiger partial charge is 0.114 e. The minimum atomic E-state index is 0. The molecule has 0 aliphatic rings. The summed E-state index contributed by atoms with van der Waals surface area (Å²) in [6.45, 7) is 0. The molecule has 0 heterocycles. The van der Waals surface area contributed by atoms with Crippen LogP contribution < -0.4 is 0 Å². The summed E-state index contributed by atoms with van der Waals surface area (Å²) < 4.78 is 0. The second-order valence-electron chi connectivity index (χ2n) is 5.80. The van der Waals surface area contributed by atoms with Crippen LogP contribution in [-0.2, 0) is 0 Å². The number of hydrogen-bond donors (Lipinski definition) is 0. The van der Waals surface area contributed by atoms with Gasteiger partial charge in [-0.1, -0.05) is 84.9 Å². The molecule has 0 unspecified atom stereocenters. The van der Waals surface area contributed by atoms with Gasteiger partial charge < -0.3 is 0 Å². The molecule has 0 bridgehead atoms. The van der Waals surface area contributed by atoms with Crippen LogP contribution in [-0.4, -0.2) is 0 Å². The van der Waals surface area contributed by atoms with Crippen LogP contribution in [0.15, 0.2) is 84.9 Å². The lowest BCUT2D eigenvalue weighted by atomic mass is 9.91. The Morgan fingerprint density at radius 1 is 0.348 bits per heavy atom. The van der Waals surface area contributed by atoms with Crippen molar-refractivity contribution >= 4 is 60.1 Å². The molecule has 0 aromatic heterocycles. The molecule has 0 N–H and O–H groups in total. The number of hydrogen-bond acceptors (Lipinski definition) is 0. The van der Waals surface area contributed by atoms with Crippen molar-refractivity contribution in [3.05, 3.63) is 84.9 Å². The fraction of sp³-hybridized carbons (Fsp3) is 0. The molecule has 0 saturated carbocycles. The molecule has 5 aromatic carbocycles. The zero-order valence-corrected chi connectivity index (χ0v) is 14.2. The van der Waals surface area contributed by atoms with E-state index in [4.69, 9.17) is 0 Å². The maximum Gasteiger partial charge on any atom is -0.00204 e. The van der Waals surface area contributed by atoms with Crippen molar-refractivity contribution in [1.29, 1.82) is 0 Å². The van der Waals surface area contributed by atoms with Gasteiger partial charge in [0.1, 0.15) is 0 Å². The van der Waals surface area contributed by atoms with Crippen LogP contribution in [0.2, 0.25) is 0 Å². The van der Waals surface area contributed by atoms with E-state index >= 15 is 0 Å². The van der Waals surface area contributed by atoms with Gasteiger partial charge in [-0.3, -0.25) is 0 Å². The fourth-order valence-corrected chi connectivity index (χ4v) is 3.67. The van der Waals surface area contributed by atoms with E-state index in [0.29, 0.717) is 0 Å². The summed E-state index contributed by atoms with van der Waals surface area (Å²) in [6, 6.07) is 30.6. The van der Waals surface area contributed by atoms with Gasteiger partial charge in [0.25, 0.3) is 0 Å². The molecule has 23 heavy (non-hydrogen) atoms. The Morgan fingerprint density at radius 3 is 1.43 bits per heavy atom. The standard InChI is InChI=1S/C22H14.BrH/c1-2-8-16-15(7-1)13-14-21-19-11-4-3-9-17(19)18-10-5-6-12-20(18)22(16)21;/h1-14H;1H. The van der Waals surface area contributed by atoms with Crippen molar-refractivity contribution in [3.8, 4) is 0 Å². The summed E-state index contributed by atoms with van der Waals surface area (Å²) in [5.41, 5.74) is 0. The quantitative estimate of drug-likeness (QED) is 0.265. The van der Waals surface area contributed by atoms with Gasteiger partial charge in [-0.15, -0.1) is 17.0 Å². The van der Waals surface area contributed by atoms with Gasteiger partial charge in [0.2, 0.25) is 0 Å². The Bertz CT molecular complexity index is 1130. The minimum absolute atomic E-state index is 0. The molecule has 0 radical (unpaired) electrons. The normalized spacial score (nSPS) is 11.1. The van der Waals surface area contributed by atoms with Crippen molar-refractivity contribution in [3.63, 3.8) is 0 Å². The Labute approximate surface area is 145 Å². The van der Waals surface area contributed by atoms with E-state index in [0.717, 1.165) is 0 Å². The van der Waals surface area contributed by atoms with Gasteiger partial charge >= 0.3 is 0 Å². The molecule has 0 aliphatic heterocycles. The zero-order chi connectivity index (χ0) is 14.5. The van der Waals surface area contributed by atoms with E-state index in [9.17, 15) is 0 Å². The minimum Gasteiger partial charge on any atom is -0.114 e. The van der Waals surface area contributed by atoms with Gasteiger partial charge in [0.15, 0.2) is 0 Å². The summed E-state index contributed by atoms with van der Waals surface area (Å²) in [5, 5.41) is 10.7. The Kier molecular flexibility index (Phi) is 3.32. The molecule has 1 heteroatoms. The lowest BCUT2D eigenvalue weighted by Gasteiger charge is -2.12. The van der Waals surface area contributed by atoms with Crippen LogP contribution in [0, 0.1) is 0 Å². The predicted octanol–water partition coefficient (Wildman–Crippen LogP) is 6.88. The van der Waals surface area contributed by atoms with E-state index in [1.54, 1.807) is 0 Å². The molecular weight excluding hydrogens is 344 g/mol. The molecule has 0 fully saturated rings. The number of benzene rings is 5. The average Bonchev–Trinajstić information content (AvgIpc) is 2.61. The van der Waals surface area contributed by atoms with Gasteiger partial charge in [-0.25, -0.2) is 0 Å². The SMILES string of the molecule is Br.c1ccc2c(c1)ccc1c3ccccc3c3ccccc3c21. The van der Waals surface area contributed by atoms with E-state index in [1.807, 2.05) is 0 Å². The number of fused-ring (bicyclic) bond motifs is 8. The molecule has 110 valence electrons. The van der Waals surface area contributed by atoms with Gasteiger partial charge in [-0.2, -0.15) is 0 Å². The smallest absolute Gasteiger partial charge is 0.00204 e. The molecule has 0 aliphatic carbocycles. The third kappa shape index (κ3) is 1.97. The van der Waals surface area contributed by atoms with Gasteiger partial charge in [0, 0.05) is 0 Å². The summed E-state index contributed by atoms with van der Waals surface area (Å²) in [4.78, 5) is 0. The fourth-order valence-electron chi connectivity index (χ4n) is 3.67. The first-order chi connectivity index (χ1) is 10.9. The van der Waals surface area contributed by atoms with E-state index in [1.165, 1.54) is 43.1 Å². The lowest BCUT2D eigenvalue weighted by Crippen LogP contribution is -1.84. The molecule has 0 atom stereocenters. The average molecular weight is 359 g/mol. The summed E-state index contributed by atoms with van der Waals surface area (Å²) >= 11 is 0. The monoisotopic (exact) mass is 358 g/mol. The van der Waals surface area contributed by atoms with E-state index < -0.39 is 0 Å². The third-order valence-corrected chi connectivity index (χ3v) is 4.63. The third-order valence-electron chi connectivity index (χ3n) is 4.63. The van der Waals surface area contributed by atoms with Crippen LogP contribution in [0.5, 0.6) is 0 Å². The van der Waals surface area contributed by atoms with Crippen LogP contribution in [0.1, 0.15) is 0 Å². The highest BCUT2D eigenvalue weighted by molar-refractivity contribution is 8.93. The maximum atomic E-state index is 2.27. The maximum absolute atomic E-state index is 2.27. The molecular formula is C22H15Br. The first-order valence-electron chi connectivity index (χ1n) is 7.64. The molecule has 0 nitrogen and oxygen atoms in total. The van der Waals surface area contributed by atoms with Crippen LogP contribution in [0.3, 0.4) is 0 Å². The molecule has 5 aromatic rings. The van der Waals surface area contributed by atoms with Crippen molar-refractivity contribution in [1.82, 2.24) is 0 Å². The molecule has 0 saturated heterocycles. The summed E-state index contributed by atoms with van der Waals surface area (Å²) in [7, 11) is 0. The van der Waals surface area contributed by atoms with E-state index in [-0.39, 0.29) is 17.0 Å². The molecule has 5 rings (SSSR count). The predicted molar refractivity (Wildman–Crippen MR) is 107 cm³/mol. The Hall–Kier alpha value is -2.38. The number of halogens is 1. The van der Waals surface area contributed by atoms with Gasteiger partial charge in [-0.05, 0) is 43.1 Å². The van der Waals surface area contributed by atoms with E-state index in [2.05, 4.69) is 84.9 Å². The van der Waals surface area contributed by atoms with Crippen molar-refractivity contribution in [2.75, 3.05) is 0 Å². The second-order valence-corrected chi connectivity index (χ2v) is 5.80. The lowest BCUT2D eigenvalue weighted by molar-refractivity contribution is 1.78. The first kappa shape index (κ1) is 14.2. The Morgan fingerprint density at radius 2 is 0.783 bits per heavy atom. The number of rotatable bonds is 0. The molecule has 0 amide bonds. The second kappa shape index (κ2) is 5.36. The summed E-state index contributed by atoms with van der Waals surface area (Å²) in [6.07, 6.45) is 0. The van der Waals surface area contributed by atoms with Crippen molar-refractivity contribution in [2.45, 2.75) is 0 Å². The first-order valence-corrected chi connectivity index (χ1v) is 7.64. The highest BCUT2D eigenvalue weighted by Gasteiger charge is 2.10. The zero-order valence-electron chi connectivity index (χ0n) is 12.5. The van der Waals surface area contributed by atoms with Gasteiger partial charge in [0.05, 0.1) is 0 Å². The van der Waals surface area contributed by atoms with Crippen LogP contribution >= 0.6 is 17.0 Å². The van der Waals surface area contributed by atoms with Crippen LogP contribution in [0.4, 0.5) is 0 Å². The highest BCUT2D eigenvalue weighted by atomic mass is 79.9.